The van der Waals surface area contributed by atoms with Crippen molar-refractivity contribution in [2.45, 2.75) is 12.5 Å². The van der Waals surface area contributed by atoms with Crippen molar-refractivity contribution in [3.63, 3.8) is 0 Å². The van der Waals surface area contributed by atoms with Crippen LogP contribution in [0.15, 0.2) is 71.1 Å². The monoisotopic (exact) mass is 389 g/mol. The molecule has 3 heterocycles. The van der Waals surface area contributed by atoms with Gasteiger partial charge < -0.3 is 4.74 Å². The molecule has 0 fully saturated rings. The van der Waals surface area contributed by atoms with Crippen LogP contribution in [-0.2, 0) is 11.2 Å². The smallest absolute Gasteiger partial charge is 0.281 e. The summed E-state index contributed by atoms with van der Waals surface area (Å²) in [5.74, 6) is 0.323. The maximum Gasteiger partial charge on any atom is 0.281 e. The van der Waals surface area contributed by atoms with E-state index in [-0.39, 0.29) is 11.5 Å². The van der Waals surface area contributed by atoms with Crippen LogP contribution in [0.4, 0.5) is 0 Å². The molecule has 0 radical (unpaired) electrons. The molecule has 0 saturated carbocycles. The molecule has 0 saturated heterocycles. The van der Waals surface area contributed by atoms with Crippen LogP contribution in [0.3, 0.4) is 0 Å². The van der Waals surface area contributed by atoms with Gasteiger partial charge in [0.05, 0.1) is 5.39 Å². The van der Waals surface area contributed by atoms with Gasteiger partial charge in [0.25, 0.3) is 11.5 Å². The normalized spacial score (nSPS) is 15.2. The van der Waals surface area contributed by atoms with Crippen molar-refractivity contribution in [2.24, 2.45) is 0 Å². The molecular weight excluding hydrogens is 374 g/mol. The molecule has 0 spiro atoms. The number of hydrogen-bond donors (Lipinski definition) is 1. The van der Waals surface area contributed by atoms with Crippen LogP contribution in [0.5, 0.6) is 5.75 Å². The van der Waals surface area contributed by atoms with E-state index in [0.717, 1.165) is 21.4 Å². The summed E-state index contributed by atoms with van der Waals surface area (Å²) in [6, 6.07) is 17.2. The quantitative estimate of drug-likeness (QED) is 0.584. The van der Waals surface area contributed by atoms with E-state index in [4.69, 9.17) is 4.74 Å². The molecule has 2 aromatic carbocycles. The first kappa shape index (κ1) is 16.7. The average molecular weight is 389 g/mol. The Balaban J connectivity index is 1.46. The van der Waals surface area contributed by atoms with Crippen molar-refractivity contribution < 1.29 is 9.53 Å². The summed E-state index contributed by atoms with van der Waals surface area (Å²) >= 11 is 1.41. The molecule has 138 valence electrons. The number of rotatable bonds is 3. The van der Waals surface area contributed by atoms with Crippen LogP contribution in [-0.4, -0.2) is 21.7 Å². The van der Waals surface area contributed by atoms with E-state index in [1.165, 1.54) is 17.7 Å². The molecule has 0 bridgehead atoms. The highest BCUT2D eigenvalue weighted by Crippen LogP contribution is 2.30. The SMILES string of the molecule is O=C(Nn1cnc2scc(-c3ccccc3)c2c1=O)[C@@H]1Cc2ccccc2O1. The van der Waals surface area contributed by atoms with Crippen LogP contribution in [0.1, 0.15) is 5.56 Å². The number of amides is 1. The zero-order valence-electron chi connectivity index (χ0n) is 14.7. The highest BCUT2D eigenvalue weighted by molar-refractivity contribution is 7.17. The van der Waals surface area contributed by atoms with Crippen LogP contribution in [0, 0.1) is 0 Å². The Hall–Kier alpha value is -3.45. The van der Waals surface area contributed by atoms with Crippen molar-refractivity contribution in [2.75, 3.05) is 5.43 Å². The molecule has 4 aromatic rings. The summed E-state index contributed by atoms with van der Waals surface area (Å²) in [4.78, 5) is 30.6. The van der Waals surface area contributed by atoms with Gasteiger partial charge in [0.2, 0.25) is 0 Å². The summed E-state index contributed by atoms with van der Waals surface area (Å²) in [6.45, 7) is 0. The lowest BCUT2D eigenvalue weighted by Gasteiger charge is -2.12. The van der Waals surface area contributed by atoms with Crippen molar-refractivity contribution in [1.82, 2.24) is 9.66 Å². The van der Waals surface area contributed by atoms with E-state index in [9.17, 15) is 9.59 Å². The van der Waals surface area contributed by atoms with Gasteiger partial charge in [0.1, 0.15) is 16.9 Å². The number of aromatic nitrogens is 2. The molecule has 1 atom stereocenters. The lowest BCUT2D eigenvalue weighted by molar-refractivity contribution is -0.123. The molecule has 1 aliphatic heterocycles. The minimum Gasteiger partial charge on any atom is -0.480 e. The first-order valence-electron chi connectivity index (χ1n) is 8.80. The number of nitrogens with zero attached hydrogens (tertiary/aromatic N) is 2. The summed E-state index contributed by atoms with van der Waals surface area (Å²) in [5.41, 5.74) is 5.05. The standard InChI is InChI=1S/C21H15N3O3S/c25-19(17-10-14-8-4-5-9-16(14)27-17)23-24-12-22-20-18(21(24)26)15(11-28-20)13-6-2-1-3-7-13/h1-9,11-12,17H,10H2,(H,23,25)/t17-/m0/s1. The molecule has 7 heteroatoms. The van der Waals surface area contributed by atoms with Gasteiger partial charge in [-0.3, -0.25) is 15.0 Å². The molecule has 28 heavy (non-hydrogen) atoms. The number of carbonyl (C=O) groups is 1. The van der Waals surface area contributed by atoms with Crippen molar-refractivity contribution >= 4 is 27.5 Å². The van der Waals surface area contributed by atoms with Crippen LogP contribution < -0.4 is 15.7 Å². The van der Waals surface area contributed by atoms with E-state index in [2.05, 4.69) is 10.4 Å². The van der Waals surface area contributed by atoms with E-state index < -0.39 is 6.10 Å². The van der Waals surface area contributed by atoms with E-state index in [1.807, 2.05) is 60.0 Å². The maximum atomic E-state index is 13.0. The predicted molar refractivity (Wildman–Crippen MR) is 108 cm³/mol. The first-order valence-corrected chi connectivity index (χ1v) is 9.68. The third-order valence-corrected chi connectivity index (χ3v) is 5.64. The second-order valence-corrected chi connectivity index (χ2v) is 7.37. The molecule has 1 aliphatic rings. The fourth-order valence-corrected chi connectivity index (χ4v) is 4.27. The second-order valence-electron chi connectivity index (χ2n) is 6.51. The maximum absolute atomic E-state index is 13.0. The Bertz CT molecular complexity index is 1220. The summed E-state index contributed by atoms with van der Waals surface area (Å²) in [5, 5.41) is 2.41. The number of hydrogen-bond acceptors (Lipinski definition) is 5. The molecule has 1 N–H and O–H groups in total. The van der Waals surface area contributed by atoms with Gasteiger partial charge in [-0.25, -0.2) is 9.66 Å². The molecule has 1 amide bonds. The highest BCUT2D eigenvalue weighted by atomic mass is 32.1. The zero-order valence-corrected chi connectivity index (χ0v) is 15.5. The average Bonchev–Trinajstić information content (AvgIpc) is 3.35. The summed E-state index contributed by atoms with van der Waals surface area (Å²) in [6.07, 6.45) is 1.15. The van der Waals surface area contributed by atoms with Crippen LogP contribution >= 0.6 is 11.3 Å². The topological polar surface area (TPSA) is 73.2 Å². The molecule has 5 rings (SSSR count). The van der Waals surface area contributed by atoms with E-state index in [0.29, 0.717) is 22.4 Å². The zero-order chi connectivity index (χ0) is 19.1. The number of fused-ring (bicyclic) bond motifs is 2. The van der Waals surface area contributed by atoms with Gasteiger partial charge >= 0.3 is 0 Å². The lowest BCUT2D eigenvalue weighted by atomic mass is 10.1. The predicted octanol–water partition coefficient (Wildman–Crippen LogP) is 3.20. The minimum absolute atomic E-state index is 0.311. The van der Waals surface area contributed by atoms with Gasteiger partial charge in [-0.05, 0) is 17.2 Å². The number of benzene rings is 2. The Morgan fingerprint density at radius 3 is 2.75 bits per heavy atom. The van der Waals surface area contributed by atoms with Crippen LogP contribution in [0.2, 0.25) is 0 Å². The Labute approximate surface area is 164 Å². The Morgan fingerprint density at radius 1 is 1.14 bits per heavy atom. The van der Waals surface area contributed by atoms with E-state index >= 15 is 0 Å². The molecule has 0 aliphatic carbocycles. The molecule has 6 nitrogen and oxygen atoms in total. The number of nitrogens with one attached hydrogen (secondary N) is 1. The fourth-order valence-electron chi connectivity index (χ4n) is 3.36. The van der Waals surface area contributed by atoms with E-state index in [1.54, 1.807) is 0 Å². The first-order chi connectivity index (χ1) is 13.7. The minimum atomic E-state index is -0.670. The summed E-state index contributed by atoms with van der Waals surface area (Å²) in [7, 11) is 0. The molecule has 2 aromatic heterocycles. The van der Waals surface area contributed by atoms with Gasteiger partial charge in [-0.15, -0.1) is 11.3 Å². The fraction of sp³-hybridized carbons (Fsp3) is 0.0952. The molecule has 0 unspecified atom stereocenters. The lowest BCUT2D eigenvalue weighted by Crippen LogP contribution is -2.40. The van der Waals surface area contributed by atoms with Gasteiger partial charge in [-0.1, -0.05) is 48.5 Å². The number of thiophene rings is 1. The Kier molecular flexibility index (Phi) is 3.95. The van der Waals surface area contributed by atoms with Gasteiger partial charge in [0, 0.05) is 17.4 Å². The van der Waals surface area contributed by atoms with Crippen molar-refractivity contribution in [1.29, 1.82) is 0 Å². The number of ether oxygens (including phenoxy) is 1. The number of carbonyl (C=O) groups excluding carboxylic acids is 1. The highest BCUT2D eigenvalue weighted by Gasteiger charge is 2.29. The third kappa shape index (κ3) is 2.76. The second kappa shape index (κ2) is 6.61. The third-order valence-electron chi connectivity index (χ3n) is 4.75. The van der Waals surface area contributed by atoms with Crippen molar-refractivity contribution in [3.8, 4) is 16.9 Å². The van der Waals surface area contributed by atoms with Crippen LogP contribution in [0.25, 0.3) is 21.3 Å². The largest absolute Gasteiger partial charge is 0.480 e. The van der Waals surface area contributed by atoms with Crippen molar-refractivity contribution in [3.05, 3.63) is 82.2 Å². The summed E-state index contributed by atoms with van der Waals surface area (Å²) < 4.78 is 6.84. The molecular formula is C21H15N3O3S. The van der Waals surface area contributed by atoms with Gasteiger partial charge in [0.15, 0.2) is 6.10 Å². The number of para-hydroxylation sites is 1. The Morgan fingerprint density at radius 2 is 1.93 bits per heavy atom. The van der Waals surface area contributed by atoms with Gasteiger partial charge in [-0.2, -0.15) is 0 Å².